The first-order valence-corrected chi connectivity index (χ1v) is 13.2. The number of anilines is 1. The number of barbiturate groups is 1. The van der Waals surface area contributed by atoms with Crippen LogP contribution in [0.5, 0.6) is 11.5 Å². The normalized spacial score (nSPS) is 15.0. The topological polar surface area (TPSA) is 119 Å². The Hall–Kier alpha value is -3.57. The number of amides is 4. The number of nitrogens with zero attached hydrogens (tertiary/aromatic N) is 1. The number of aryl methyl sites for hydroxylation is 1. The maximum absolute atomic E-state index is 13.2. The number of hydrogen-bond donors (Lipinski definition) is 1. The van der Waals surface area contributed by atoms with Gasteiger partial charge in [-0.25, -0.2) is 9.69 Å². The van der Waals surface area contributed by atoms with Crippen LogP contribution in [-0.2, 0) is 19.7 Å². The zero-order chi connectivity index (χ0) is 27.8. The molecule has 1 N–H and O–H groups in total. The lowest BCUT2D eigenvalue weighted by Crippen LogP contribution is -2.54. The molecular formula is C25H17Cl3N2O7S. The van der Waals surface area contributed by atoms with Crippen LogP contribution >= 0.6 is 34.8 Å². The number of halogens is 3. The summed E-state index contributed by atoms with van der Waals surface area (Å²) in [6.45, 7) is 1.81. The van der Waals surface area contributed by atoms with Crippen molar-refractivity contribution in [1.29, 1.82) is 0 Å². The van der Waals surface area contributed by atoms with E-state index in [1.54, 1.807) is 19.1 Å². The van der Waals surface area contributed by atoms with Gasteiger partial charge in [0.1, 0.15) is 10.5 Å². The molecule has 4 amide bonds. The highest BCUT2D eigenvalue weighted by atomic mass is 35.5. The Morgan fingerprint density at radius 2 is 1.58 bits per heavy atom. The second kappa shape index (κ2) is 10.7. The van der Waals surface area contributed by atoms with E-state index in [0.717, 1.165) is 10.5 Å². The van der Waals surface area contributed by atoms with E-state index in [9.17, 15) is 22.8 Å². The minimum Gasteiger partial charge on any atom is -0.493 e. The van der Waals surface area contributed by atoms with Crippen molar-refractivity contribution in [3.05, 3.63) is 86.4 Å². The minimum atomic E-state index is -4.26. The Kier molecular flexibility index (Phi) is 7.70. The summed E-state index contributed by atoms with van der Waals surface area (Å²) in [6, 6.07) is 11.7. The first kappa shape index (κ1) is 27.5. The first-order chi connectivity index (χ1) is 17.9. The molecule has 196 valence electrons. The predicted octanol–water partition coefficient (Wildman–Crippen LogP) is 5.40. The summed E-state index contributed by atoms with van der Waals surface area (Å²) in [5.41, 5.74) is 0.724. The molecule has 0 unspecified atom stereocenters. The second-order valence-corrected chi connectivity index (χ2v) is 10.7. The van der Waals surface area contributed by atoms with Crippen molar-refractivity contribution in [2.45, 2.75) is 11.8 Å². The van der Waals surface area contributed by atoms with E-state index >= 15 is 0 Å². The lowest BCUT2D eigenvalue weighted by atomic mass is 10.1. The average molecular weight is 596 g/mol. The molecule has 0 aliphatic carbocycles. The van der Waals surface area contributed by atoms with Crippen molar-refractivity contribution in [3.63, 3.8) is 0 Å². The summed E-state index contributed by atoms with van der Waals surface area (Å²) in [7, 11) is -2.99. The summed E-state index contributed by atoms with van der Waals surface area (Å²) >= 11 is 18.3. The molecule has 0 spiro atoms. The van der Waals surface area contributed by atoms with E-state index in [2.05, 4.69) is 5.32 Å². The number of methoxy groups -OCH3 is 1. The third-order valence-corrected chi connectivity index (χ3v) is 7.58. The number of nitrogens with one attached hydrogen (secondary N) is 1. The molecule has 0 radical (unpaired) electrons. The molecule has 0 atom stereocenters. The van der Waals surface area contributed by atoms with Gasteiger partial charge in [-0.3, -0.25) is 14.9 Å². The van der Waals surface area contributed by atoms with E-state index in [-0.39, 0.29) is 42.7 Å². The fourth-order valence-corrected chi connectivity index (χ4v) is 5.00. The van der Waals surface area contributed by atoms with E-state index in [4.69, 9.17) is 43.7 Å². The minimum absolute atomic E-state index is 0.0823. The number of carbonyl (C=O) groups is 3. The zero-order valence-electron chi connectivity index (χ0n) is 19.6. The zero-order valence-corrected chi connectivity index (χ0v) is 22.7. The molecule has 0 saturated carbocycles. The largest absolute Gasteiger partial charge is 0.493 e. The van der Waals surface area contributed by atoms with Crippen LogP contribution in [0.4, 0.5) is 10.5 Å². The Bertz CT molecular complexity index is 1620. The van der Waals surface area contributed by atoms with Gasteiger partial charge >= 0.3 is 16.1 Å². The van der Waals surface area contributed by atoms with E-state index < -0.39 is 33.5 Å². The molecule has 0 bridgehead atoms. The third kappa shape index (κ3) is 5.48. The molecule has 1 aliphatic rings. The number of benzene rings is 3. The van der Waals surface area contributed by atoms with Crippen molar-refractivity contribution in [2.24, 2.45) is 0 Å². The SMILES string of the molecule is COc1cc(/C=C2\C(=O)NC(=O)N(c3ccc(Cl)c(Cl)c3)C2=O)cc(Cl)c1OS(=O)(=O)c1ccc(C)cc1. The summed E-state index contributed by atoms with van der Waals surface area (Å²) in [5, 5.41) is 2.22. The maximum Gasteiger partial charge on any atom is 0.339 e. The monoisotopic (exact) mass is 594 g/mol. The van der Waals surface area contributed by atoms with Gasteiger partial charge in [0.2, 0.25) is 5.75 Å². The van der Waals surface area contributed by atoms with E-state index in [1.807, 2.05) is 0 Å². The number of hydrogen-bond acceptors (Lipinski definition) is 7. The number of rotatable bonds is 6. The molecule has 3 aromatic rings. The Balaban J connectivity index is 1.70. The van der Waals surface area contributed by atoms with Gasteiger partial charge in [-0.1, -0.05) is 52.5 Å². The molecule has 9 nitrogen and oxygen atoms in total. The van der Waals surface area contributed by atoms with Gasteiger partial charge in [0.25, 0.3) is 11.8 Å². The quantitative estimate of drug-likeness (QED) is 0.230. The van der Waals surface area contributed by atoms with Crippen molar-refractivity contribution in [2.75, 3.05) is 12.0 Å². The highest BCUT2D eigenvalue weighted by Gasteiger charge is 2.37. The fraction of sp³-hybridized carbons (Fsp3) is 0.0800. The molecule has 0 aromatic heterocycles. The summed E-state index contributed by atoms with van der Waals surface area (Å²) < 4.78 is 36.0. The molecule has 3 aromatic carbocycles. The van der Waals surface area contributed by atoms with Gasteiger partial charge in [-0.2, -0.15) is 8.42 Å². The smallest absolute Gasteiger partial charge is 0.339 e. The van der Waals surface area contributed by atoms with Crippen LogP contribution in [0, 0.1) is 6.92 Å². The van der Waals surface area contributed by atoms with Crippen molar-refractivity contribution in [3.8, 4) is 11.5 Å². The number of urea groups is 1. The highest BCUT2D eigenvalue weighted by Crippen LogP contribution is 2.39. The molecule has 13 heteroatoms. The van der Waals surface area contributed by atoms with Crippen LogP contribution in [0.1, 0.15) is 11.1 Å². The van der Waals surface area contributed by atoms with Gasteiger partial charge in [0, 0.05) is 0 Å². The van der Waals surface area contributed by atoms with Crippen LogP contribution in [0.3, 0.4) is 0 Å². The molecule has 1 fully saturated rings. The average Bonchev–Trinajstić information content (AvgIpc) is 2.85. The first-order valence-electron chi connectivity index (χ1n) is 10.7. The second-order valence-electron chi connectivity index (χ2n) is 7.94. The van der Waals surface area contributed by atoms with Crippen molar-refractivity contribution >= 4 is 74.5 Å². The maximum atomic E-state index is 13.2. The van der Waals surface area contributed by atoms with Crippen molar-refractivity contribution in [1.82, 2.24) is 5.32 Å². The van der Waals surface area contributed by atoms with Crippen molar-refractivity contribution < 1.29 is 31.7 Å². The molecule has 1 heterocycles. The molecule has 1 aliphatic heterocycles. The Morgan fingerprint density at radius 1 is 0.895 bits per heavy atom. The van der Waals surface area contributed by atoms with Crippen LogP contribution < -0.4 is 19.1 Å². The van der Waals surface area contributed by atoms with Crippen LogP contribution in [0.15, 0.2) is 65.1 Å². The Labute approximate surface area is 232 Å². The van der Waals surface area contributed by atoms with Gasteiger partial charge in [-0.15, -0.1) is 0 Å². The lowest BCUT2D eigenvalue weighted by molar-refractivity contribution is -0.122. The van der Waals surface area contributed by atoms with Crippen LogP contribution in [0.25, 0.3) is 6.08 Å². The van der Waals surface area contributed by atoms with Crippen LogP contribution in [-0.4, -0.2) is 33.4 Å². The molecular weight excluding hydrogens is 579 g/mol. The van der Waals surface area contributed by atoms with Gasteiger partial charge in [0.15, 0.2) is 5.75 Å². The summed E-state index contributed by atoms with van der Waals surface area (Å²) in [4.78, 5) is 38.7. The Morgan fingerprint density at radius 3 is 2.21 bits per heavy atom. The molecule has 1 saturated heterocycles. The fourth-order valence-electron chi connectivity index (χ4n) is 3.45. The lowest BCUT2D eigenvalue weighted by Gasteiger charge is -2.26. The summed E-state index contributed by atoms with van der Waals surface area (Å²) in [6.07, 6.45) is 1.17. The number of carbonyl (C=O) groups excluding carboxylic acids is 3. The number of imide groups is 2. The standard InChI is InChI=1S/C25H17Cl3N2O7S/c1-13-3-6-16(7-4-13)38(34,35)37-22-20(28)10-14(11-21(22)36-2)9-17-23(31)29-25(33)30(24(17)32)15-5-8-18(26)19(27)12-15/h3-12H,1-2H3,(H,29,31,33)/b17-9+. The summed E-state index contributed by atoms with van der Waals surface area (Å²) in [5.74, 6) is -2.26. The third-order valence-electron chi connectivity index (χ3n) is 5.33. The van der Waals surface area contributed by atoms with Crippen LogP contribution in [0.2, 0.25) is 15.1 Å². The van der Waals surface area contributed by atoms with E-state index in [1.165, 1.54) is 55.7 Å². The molecule has 38 heavy (non-hydrogen) atoms. The van der Waals surface area contributed by atoms with Gasteiger partial charge in [-0.05, 0) is 61.0 Å². The van der Waals surface area contributed by atoms with E-state index in [0.29, 0.717) is 0 Å². The van der Waals surface area contributed by atoms with Gasteiger partial charge in [0.05, 0.1) is 27.9 Å². The van der Waals surface area contributed by atoms with Gasteiger partial charge < -0.3 is 8.92 Å². The number of ether oxygens (including phenoxy) is 1. The predicted molar refractivity (Wildman–Crippen MR) is 142 cm³/mol. The highest BCUT2D eigenvalue weighted by molar-refractivity contribution is 7.87. The molecule has 4 rings (SSSR count).